The number of piperazine rings is 1. The van der Waals surface area contributed by atoms with Gasteiger partial charge in [-0.1, -0.05) is 23.7 Å². The second-order valence-corrected chi connectivity index (χ2v) is 11.6. The number of halogens is 2. The van der Waals surface area contributed by atoms with Gasteiger partial charge in [-0.25, -0.2) is 22.4 Å². The van der Waals surface area contributed by atoms with Gasteiger partial charge >= 0.3 is 12.0 Å². The fourth-order valence-electron chi connectivity index (χ4n) is 4.81. The first-order chi connectivity index (χ1) is 18.0. The summed E-state index contributed by atoms with van der Waals surface area (Å²) in [4.78, 5) is 29.5. The van der Waals surface area contributed by atoms with Gasteiger partial charge in [0.2, 0.25) is 10.0 Å². The Kier molecular flexibility index (Phi) is 8.41. The van der Waals surface area contributed by atoms with Crippen molar-refractivity contribution in [2.75, 3.05) is 39.8 Å². The summed E-state index contributed by atoms with van der Waals surface area (Å²) in [6.45, 7) is 4.78. The number of rotatable bonds is 7. The van der Waals surface area contributed by atoms with Gasteiger partial charge in [-0.05, 0) is 55.8 Å². The SMILES string of the molecule is CCOC(=O)C1=C(CN2CCN(S(=O)(=O)c3ccc(Cl)cc3)[C@@H](C)C2)N(C)C(=O)N[C@@H]1c1cccc(F)c1. The quantitative estimate of drug-likeness (QED) is 0.518. The number of carbonyl (C=O) groups excluding carboxylic acids is 2. The second-order valence-electron chi connectivity index (χ2n) is 9.23. The van der Waals surface area contributed by atoms with Gasteiger partial charge in [-0.15, -0.1) is 0 Å². The van der Waals surface area contributed by atoms with E-state index >= 15 is 0 Å². The molecule has 38 heavy (non-hydrogen) atoms. The number of ether oxygens (including phenoxy) is 1. The molecule has 0 bridgehead atoms. The number of urea groups is 1. The van der Waals surface area contributed by atoms with E-state index in [1.54, 1.807) is 20.0 Å². The molecule has 0 aromatic heterocycles. The Labute approximate surface area is 226 Å². The molecular formula is C26H30ClFN4O5S. The van der Waals surface area contributed by atoms with E-state index in [2.05, 4.69) is 5.32 Å². The number of benzene rings is 2. The zero-order valence-corrected chi connectivity index (χ0v) is 22.9. The van der Waals surface area contributed by atoms with Crippen LogP contribution in [0.2, 0.25) is 5.02 Å². The Morgan fingerprint density at radius 1 is 1.18 bits per heavy atom. The molecule has 2 aromatic carbocycles. The molecule has 0 aliphatic carbocycles. The largest absolute Gasteiger partial charge is 0.463 e. The molecule has 2 amide bonds. The van der Waals surface area contributed by atoms with Gasteiger partial charge in [0.15, 0.2) is 0 Å². The highest BCUT2D eigenvalue weighted by molar-refractivity contribution is 7.89. The van der Waals surface area contributed by atoms with Crippen molar-refractivity contribution in [3.63, 3.8) is 0 Å². The lowest BCUT2D eigenvalue weighted by Gasteiger charge is -2.41. The molecule has 2 heterocycles. The summed E-state index contributed by atoms with van der Waals surface area (Å²) < 4.78 is 47.3. The molecule has 0 unspecified atom stereocenters. The zero-order valence-electron chi connectivity index (χ0n) is 21.4. The van der Waals surface area contributed by atoms with Gasteiger partial charge in [-0.3, -0.25) is 9.80 Å². The molecule has 1 saturated heterocycles. The number of esters is 1. The molecule has 204 valence electrons. The first-order valence-electron chi connectivity index (χ1n) is 12.2. The Morgan fingerprint density at radius 2 is 1.89 bits per heavy atom. The van der Waals surface area contributed by atoms with Crippen molar-refractivity contribution in [3.05, 3.63) is 76.2 Å². The van der Waals surface area contributed by atoms with E-state index in [0.717, 1.165) is 0 Å². The predicted molar refractivity (Wildman–Crippen MR) is 140 cm³/mol. The van der Waals surface area contributed by atoms with E-state index < -0.39 is 33.9 Å². The predicted octanol–water partition coefficient (Wildman–Crippen LogP) is 3.39. The third-order valence-corrected chi connectivity index (χ3v) is 8.98. The fraction of sp³-hybridized carbons (Fsp3) is 0.385. The van der Waals surface area contributed by atoms with E-state index in [9.17, 15) is 22.4 Å². The average molecular weight is 565 g/mol. The van der Waals surface area contributed by atoms with E-state index in [4.69, 9.17) is 16.3 Å². The van der Waals surface area contributed by atoms with Crippen molar-refractivity contribution in [3.8, 4) is 0 Å². The second kappa shape index (κ2) is 11.4. The molecule has 0 saturated carbocycles. The van der Waals surface area contributed by atoms with Gasteiger partial charge in [0.25, 0.3) is 0 Å². The number of hydrogen-bond acceptors (Lipinski definition) is 6. The maximum Gasteiger partial charge on any atom is 0.338 e. The van der Waals surface area contributed by atoms with Crippen LogP contribution < -0.4 is 5.32 Å². The smallest absolute Gasteiger partial charge is 0.338 e. The number of carbonyl (C=O) groups is 2. The van der Waals surface area contributed by atoms with Crippen LogP contribution in [-0.2, 0) is 19.6 Å². The van der Waals surface area contributed by atoms with Crippen molar-refractivity contribution >= 4 is 33.6 Å². The Balaban J connectivity index is 1.62. The maximum absolute atomic E-state index is 14.0. The summed E-state index contributed by atoms with van der Waals surface area (Å²) in [6, 6.07) is 10.0. The van der Waals surface area contributed by atoms with Crippen molar-refractivity contribution < 1.29 is 27.1 Å². The normalized spacial score (nSPS) is 21.4. The third kappa shape index (κ3) is 5.70. The Bertz CT molecular complexity index is 1350. The number of nitrogens with zero attached hydrogens (tertiary/aromatic N) is 3. The van der Waals surface area contributed by atoms with Crippen molar-refractivity contribution in [2.24, 2.45) is 0 Å². The molecule has 2 aliphatic heterocycles. The maximum atomic E-state index is 14.0. The van der Waals surface area contributed by atoms with Crippen LogP contribution in [0.1, 0.15) is 25.5 Å². The Morgan fingerprint density at radius 3 is 2.53 bits per heavy atom. The van der Waals surface area contributed by atoms with Crippen molar-refractivity contribution in [2.45, 2.75) is 30.8 Å². The van der Waals surface area contributed by atoms with Gasteiger partial charge in [-0.2, -0.15) is 4.31 Å². The lowest BCUT2D eigenvalue weighted by molar-refractivity contribution is -0.139. The summed E-state index contributed by atoms with van der Waals surface area (Å²) in [5, 5.41) is 3.22. The van der Waals surface area contributed by atoms with Crippen LogP contribution in [0.5, 0.6) is 0 Å². The molecular weight excluding hydrogens is 535 g/mol. The van der Waals surface area contributed by atoms with Crippen LogP contribution in [0.15, 0.2) is 64.7 Å². The number of sulfonamides is 1. The highest BCUT2D eigenvalue weighted by Crippen LogP contribution is 2.32. The monoisotopic (exact) mass is 564 g/mol. The molecule has 0 radical (unpaired) electrons. The first-order valence-corrected chi connectivity index (χ1v) is 14.0. The van der Waals surface area contributed by atoms with Crippen molar-refractivity contribution in [1.29, 1.82) is 0 Å². The van der Waals surface area contributed by atoms with Crippen LogP contribution in [0.4, 0.5) is 9.18 Å². The highest BCUT2D eigenvalue weighted by Gasteiger charge is 2.39. The summed E-state index contributed by atoms with van der Waals surface area (Å²) in [7, 11) is -2.18. The molecule has 2 aromatic rings. The molecule has 4 rings (SSSR count). The molecule has 0 spiro atoms. The zero-order chi connectivity index (χ0) is 27.6. The van der Waals surface area contributed by atoms with Gasteiger partial charge in [0.1, 0.15) is 5.82 Å². The molecule has 12 heteroatoms. The van der Waals surface area contributed by atoms with E-state index in [1.165, 1.54) is 51.7 Å². The highest BCUT2D eigenvalue weighted by atomic mass is 35.5. The molecule has 1 N–H and O–H groups in total. The third-order valence-electron chi connectivity index (χ3n) is 6.70. The first kappa shape index (κ1) is 28.0. The van der Waals surface area contributed by atoms with Crippen LogP contribution >= 0.6 is 11.6 Å². The number of nitrogens with one attached hydrogen (secondary N) is 1. The summed E-state index contributed by atoms with van der Waals surface area (Å²) in [5.41, 5.74) is 1.05. The molecule has 2 aliphatic rings. The van der Waals surface area contributed by atoms with Crippen LogP contribution in [0, 0.1) is 5.82 Å². The minimum Gasteiger partial charge on any atom is -0.463 e. The van der Waals surface area contributed by atoms with Gasteiger partial charge in [0.05, 0.1) is 23.1 Å². The summed E-state index contributed by atoms with van der Waals surface area (Å²) in [6.07, 6.45) is 0. The summed E-state index contributed by atoms with van der Waals surface area (Å²) >= 11 is 5.92. The van der Waals surface area contributed by atoms with Crippen LogP contribution in [0.25, 0.3) is 0 Å². The molecule has 2 atom stereocenters. The lowest BCUT2D eigenvalue weighted by Crippen LogP contribution is -2.56. The van der Waals surface area contributed by atoms with Crippen LogP contribution in [0.3, 0.4) is 0 Å². The van der Waals surface area contributed by atoms with Crippen molar-refractivity contribution in [1.82, 2.24) is 19.4 Å². The average Bonchev–Trinajstić information content (AvgIpc) is 2.87. The number of likely N-dealkylation sites (N-methyl/N-ethyl adjacent to an activating group) is 1. The van der Waals surface area contributed by atoms with E-state index in [-0.39, 0.29) is 36.2 Å². The minimum absolute atomic E-state index is 0.126. The van der Waals surface area contributed by atoms with Crippen LogP contribution in [-0.4, -0.2) is 80.4 Å². The van der Waals surface area contributed by atoms with E-state index in [0.29, 0.717) is 29.4 Å². The standard InChI is InChI=1S/C26H30ClFN4O5S/c1-4-37-25(33)23-22(30(3)26(34)29-24(23)18-6-5-7-20(28)14-18)16-31-12-13-32(17(2)15-31)38(35,36)21-10-8-19(27)9-11-21/h5-11,14,17,24H,4,12-13,15-16H2,1-3H3,(H,29,34)/t17-,24+/m0/s1. The summed E-state index contributed by atoms with van der Waals surface area (Å²) in [5.74, 6) is -1.10. The lowest BCUT2D eigenvalue weighted by atomic mass is 9.94. The van der Waals surface area contributed by atoms with Gasteiger partial charge < -0.3 is 10.1 Å². The number of hydrogen-bond donors (Lipinski definition) is 1. The number of amides is 2. The van der Waals surface area contributed by atoms with E-state index in [1.807, 2.05) is 11.8 Å². The topological polar surface area (TPSA) is 99.3 Å². The fourth-order valence-corrected chi connectivity index (χ4v) is 6.54. The minimum atomic E-state index is -3.73. The Hall–Kier alpha value is -2.99. The molecule has 1 fully saturated rings. The van der Waals surface area contributed by atoms with Gasteiger partial charge in [0, 0.05) is 50.0 Å². The molecule has 9 nitrogen and oxygen atoms in total.